The Bertz CT molecular complexity index is 1030. The van der Waals surface area contributed by atoms with Gasteiger partial charge in [-0.2, -0.15) is 0 Å². The molecule has 0 aliphatic heterocycles. The van der Waals surface area contributed by atoms with Gasteiger partial charge in [-0.15, -0.1) is 0 Å². The number of carbonyl (C=O) groups is 2. The number of para-hydroxylation sites is 1. The van der Waals surface area contributed by atoms with Crippen LogP contribution in [0.3, 0.4) is 0 Å². The van der Waals surface area contributed by atoms with Crippen LogP contribution in [0.4, 0.5) is 0 Å². The van der Waals surface area contributed by atoms with Gasteiger partial charge in [-0.25, -0.2) is 4.79 Å². The van der Waals surface area contributed by atoms with Crippen molar-refractivity contribution < 1.29 is 19.1 Å². The average Bonchev–Trinajstić information content (AvgIpc) is 2.81. The summed E-state index contributed by atoms with van der Waals surface area (Å²) in [6, 6.07) is 23.1. The molecule has 0 bridgehead atoms. The maximum Gasteiger partial charge on any atom is 0.329 e. The molecule has 2 unspecified atom stereocenters. The predicted molar refractivity (Wildman–Crippen MR) is 121 cm³/mol. The third-order valence-corrected chi connectivity index (χ3v) is 5.21. The largest absolute Gasteiger partial charge is 0.491 e. The number of hydrogen-bond acceptors (Lipinski definition) is 5. The topological polar surface area (TPSA) is 76.7 Å². The smallest absolute Gasteiger partial charge is 0.329 e. The van der Waals surface area contributed by atoms with Gasteiger partial charge in [0.25, 0.3) is 0 Å². The van der Waals surface area contributed by atoms with Crippen LogP contribution in [0.1, 0.15) is 25.5 Å². The number of ether oxygens (including phenoxy) is 2. The second kappa shape index (κ2) is 10.1. The summed E-state index contributed by atoms with van der Waals surface area (Å²) in [5.74, 6) is -0.0953. The second-order valence-electron chi connectivity index (χ2n) is 7.64. The summed E-state index contributed by atoms with van der Waals surface area (Å²) in [4.78, 5) is 25.0. The first-order valence-corrected chi connectivity index (χ1v) is 10.2. The van der Waals surface area contributed by atoms with Gasteiger partial charge in [-0.05, 0) is 42.3 Å². The molecule has 0 radical (unpaired) electrons. The van der Waals surface area contributed by atoms with Crippen LogP contribution in [0, 0.1) is 0 Å². The number of benzene rings is 3. The first kappa shape index (κ1) is 22.3. The second-order valence-corrected chi connectivity index (χ2v) is 7.64. The zero-order valence-corrected chi connectivity index (χ0v) is 18.1. The monoisotopic (exact) mass is 420 g/mol. The Morgan fingerprint density at radius 3 is 2.39 bits per heavy atom. The quantitative estimate of drug-likeness (QED) is 0.517. The molecule has 0 saturated carbocycles. The Hall–Kier alpha value is -3.38. The highest BCUT2D eigenvalue weighted by Gasteiger charge is 2.36. The molecule has 0 heterocycles. The van der Waals surface area contributed by atoms with Crippen LogP contribution in [-0.2, 0) is 14.3 Å². The Morgan fingerprint density at radius 2 is 1.65 bits per heavy atom. The third kappa shape index (κ3) is 5.61. The summed E-state index contributed by atoms with van der Waals surface area (Å²) in [5.41, 5.74) is -0.139. The van der Waals surface area contributed by atoms with Crippen LogP contribution >= 0.6 is 0 Å². The van der Waals surface area contributed by atoms with Crippen molar-refractivity contribution in [2.24, 2.45) is 0 Å². The maximum absolute atomic E-state index is 12.6. The number of esters is 1. The highest BCUT2D eigenvalue weighted by Crippen LogP contribution is 2.24. The first-order valence-electron chi connectivity index (χ1n) is 10.2. The average molecular weight is 421 g/mol. The van der Waals surface area contributed by atoms with Crippen LogP contribution in [0.2, 0.25) is 0 Å². The van der Waals surface area contributed by atoms with Gasteiger partial charge >= 0.3 is 5.97 Å². The van der Waals surface area contributed by atoms with Gasteiger partial charge in [-0.1, -0.05) is 60.7 Å². The van der Waals surface area contributed by atoms with Crippen molar-refractivity contribution in [1.82, 2.24) is 10.6 Å². The maximum atomic E-state index is 12.6. The van der Waals surface area contributed by atoms with E-state index in [1.807, 2.05) is 67.6 Å². The lowest BCUT2D eigenvalue weighted by molar-refractivity contribution is -0.149. The Balaban J connectivity index is 1.63. The van der Waals surface area contributed by atoms with Crippen molar-refractivity contribution in [3.8, 4) is 5.75 Å². The minimum atomic E-state index is -1.18. The van der Waals surface area contributed by atoms with E-state index in [-0.39, 0.29) is 25.1 Å². The van der Waals surface area contributed by atoms with E-state index in [1.54, 1.807) is 19.1 Å². The molecule has 31 heavy (non-hydrogen) atoms. The summed E-state index contributed by atoms with van der Waals surface area (Å²) >= 11 is 0. The van der Waals surface area contributed by atoms with Crippen LogP contribution in [0.5, 0.6) is 5.75 Å². The highest BCUT2D eigenvalue weighted by molar-refractivity contribution is 5.87. The third-order valence-electron chi connectivity index (χ3n) is 5.21. The van der Waals surface area contributed by atoms with Crippen molar-refractivity contribution in [2.75, 3.05) is 20.3 Å². The van der Waals surface area contributed by atoms with Gasteiger partial charge in [-0.3, -0.25) is 10.1 Å². The van der Waals surface area contributed by atoms with E-state index in [2.05, 4.69) is 10.6 Å². The molecular weight excluding hydrogens is 392 g/mol. The molecule has 1 amide bonds. The molecule has 0 aromatic heterocycles. The Morgan fingerprint density at radius 1 is 0.968 bits per heavy atom. The lowest BCUT2D eigenvalue weighted by Crippen LogP contribution is -2.57. The van der Waals surface area contributed by atoms with E-state index in [0.717, 1.165) is 16.3 Å². The number of rotatable bonds is 9. The SMILES string of the molecule is COC(=O)C(C)(COc1ccccc1)NCC(=O)NC(C)c1cccc2ccccc12. The minimum absolute atomic E-state index is 0.0237. The van der Waals surface area contributed by atoms with Gasteiger partial charge in [0.05, 0.1) is 19.7 Å². The fourth-order valence-corrected chi connectivity index (χ4v) is 3.43. The van der Waals surface area contributed by atoms with Gasteiger partial charge in [0.15, 0.2) is 0 Å². The molecule has 162 valence electrons. The molecule has 0 saturated heterocycles. The van der Waals surface area contributed by atoms with Gasteiger partial charge in [0.1, 0.15) is 17.9 Å². The van der Waals surface area contributed by atoms with Crippen molar-refractivity contribution in [1.29, 1.82) is 0 Å². The minimum Gasteiger partial charge on any atom is -0.491 e. The summed E-state index contributed by atoms with van der Waals surface area (Å²) in [6.45, 7) is 3.57. The van der Waals surface area contributed by atoms with E-state index < -0.39 is 11.5 Å². The summed E-state index contributed by atoms with van der Waals surface area (Å²) in [5, 5.41) is 8.22. The van der Waals surface area contributed by atoms with E-state index in [4.69, 9.17) is 9.47 Å². The molecule has 6 nitrogen and oxygen atoms in total. The molecule has 3 rings (SSSR count). The summed E-state index contributed by atoms with van der Waals surface area (Å²) in [7, 11) is 1.31. The molecule has 2 N–H and O–H groups in total. The molecule has 0 aliphatic carbocycles. The molecule has 0 fully saturated rings. The van der Waals surface area contributed by atoms with E-state index in [0.29, 0.717) is 5.75 Å². The molecule has 3 aromatic rings. The summed E-state index contributed by atoms with van der Waals surface area (Å²) < 4.78 is 10.7. The lowest BCUT2D eigenvalue weighted by atomic mass is 9.99. The molecule has 2 atom stereocenters. The van der Waals surface area contributed by atoms with Crippen molar-refractivity contribution in [3.05, 3.63) is 78.4 Å². The van der Waals surface area contributed by atoms with Crippen molar-refractivity contribution in [2.45, 2.75) is 25.4 Å². The van der Waals surface area contributed by atoms with Crippen LogP contribution in [-0.4, -0.2) is 37.7 Å². The van der Waals surface area contributed by atoms with Crippen LogP contribution in [0.25, 0.3) is 10.8 Å². The van der Waals surface area contributed by atoms with Gasteiger partial charge in [0.2, 0.25) is 5.91 Å². The van der Waals surface area contributed by atoms with Gasteiger partial charge in [0, 0.05) is 0 Å². The normalized spacial score (nSPS) is 13.8. The number of nitrogens with one attached hydrogen (secondary N) is 2. The van der Waals surface area contributed by atoms with Crippen LogP contribution < -0.4 is 15.4 Å². The fraction of sp³-hybridized carbons (Fsp3) is 0.280. The summed E-state index contributed by atoms with van der Waals surface area (Å²) in [6.07, 6.45) is 0. The highest BCUT2D eigenvalue weighted by atomic mass is 16.5. The molecule has 3 aromatic carbocycles. The molecule has 0 aliphatic rings. The molecular formula is C25H28N2O4. The number of amides is 1. The van der Waals surface area contributed by atoms with Crippen molar-refractivity contribution >= 4 is 22.6 Å². The van der Waals surface area contributed by atoms with E-state index >= 15 is 0 Å². The number of fused-ring (bicyclic) bond motifs is 1. The zero-order valence-electron chi connectivity index (χ0n) is 18.1. The lowest BCUT2D eigenvalue weighted by Gasteiger charge is -2.28. The standard InChI is InChI=1S/C25H28N2O4/c1-18(21-15-9-11-19-10-7-8-14-22(19)21)27-23(28)16-26-25(2,24(29)30-3)17-31-20-12-5-4-6-13-20/h4-15,18,26H,16-17H2,1-3H3,(H,27,28). The van der Waals surface area contributed by atoms with Gasteiger partial charge < -0.3 is 14.8 Å². The molecule has 0 spiro atoms. The first-order chi connectivity index (χ1) is 14.9. The predicted octanol–water partition coefficient (Wildman–Crippen LogP) is 3.62. The number of carbonyl (C=O) groups excluding carboxylic acids is 2. The molecule has 6 heteroatoms. The Labute approximate surface area is 182 Å². The van der Waals surface area contributed by atoms with Crippen LogP contribution in [0.15, 0.2) is 72.8 Å². The van der Waals surface area contributed by atoms with E-state index in [9.17, 15) is 9.59 Å². The number of methoxy groups -OCH3 is 1. The zero-order chi connectivity index (χ0) is 22.3. The Kier molecular flexibility index (Phi) is 7.26. The van der Waals surface area contributed by atoms with Crippen molar-refractivity contribution in [3.63, 3.8) is 0 Å². The number of hydrogen-bond donors (Lipinski definition) is 2. The fourth-order valence-electron chi connectivity index (χ4n) is 3.43. The van der Waals surface area contributed by atoms with E-state index in [1.165, 1.54) is 7.11 Å².